The van der Waals surface area contributed by atoms with Crippen LogP contribution in [-0.2, 0) is 0 Å². The second kappa shape index (κ2) is 10.1. The third-order valence-corrected chi connectivity index (χ3v) is 5.12. The summed E-state index contributed by atoms with van der Waals surface area (Å²) in [4.78, 5) is 26.0. The second-order valence-corrected chi connectivity index (χ2v) is 7.31. The highest BCUT2D eigenvalue weighted by molar-refractivity contribution is 5.94. The number of rotatable bonds is 8. The Balaban J connectivity index is 1.92. The quantitative estimate of drug-likeness (QED) is 0.550. The van der Waals surface area contributed by atoms with E-state index in [1.807, 2.05) is 6.92 Å². The van der Waals surface area contributed by atoms with Crippen LogP contribution in [0.5, 0.6) is 5.75 Å². The van der Waals surface area contributed by atoms with Crippen molar-refractivity contribution in [1.29, 1.82) is 0 Å². The molecule has 1 unspecified atom stereocenters. The first-order valence-corrected chi connectivity index (χ1v) is 10.1. The SMILES string of the molecule is CCCN(CCC(c1ccc(F)cc1)c1ccc(F)cc1F)C(=O)c1[nH]ncc(=O)c1O. The molecular formula is C23H22F3N3O3. The molecule has 0 bridgehead atoms. The summed E-state index contributed by atoms with van der Waals surface area (Å²) in [6, 6.07) is 8.77. The van der Waals surface area contributed by atoms with Crippen molar-refractivity contribution in [3.05, 3.63) is 93.2 Å². The molecule has 0 aliphatic rings. The van der Waals surface area contributed by atoms with Gasteiger partial charge in [0.25, 0.3) is 5.91 Å². The van der Waals surface area contributed by atoms with Gasteiger partial charge in [0.2, 0.25) is 5.43 Å². The molecule has 1 amide bonds. The van der Waals surface area contributed by atoms with Crippen molar-refractivity contribution in [3.63, 3.8) is 0 Å². The number of aromatic amines is 1. The fourth-order valence-corrected chi connectivity index (χ4v) is 3.55. The number of benzene rings is 2. The minimum absolute atomic E-state index is 0.127. The van der Waals surface area contributed by atoms with Crippen LogP contribution in [-0.4, -0.2) is 39.2 Å². The van der Waals surface area contributed by atoms with Gasteiger partial charge in [0.1, 0.15) is 17.5 Å². The van der Waals surface area contributed by atoms with Gasteiger partial charge in [0.05, 0.1) is 6.20 Å². The molecule has 3 aromatic rings. The molecule has 168 valence electrons. The van der Waals surface area contributed by atoms with Gasteiger partial charge in [-0.2, -0.15) is 5.10 Å². The van der Waals surface area contributed by atoms with Gasteiger partial charge in [-0.15, -0.1) is 0 Å². The van der Waals surface area contributed by atoms with Gasteiger partial charge in [0.15, 0.2) is 11.4 Å². The highest BCUT2D eigenvalue weighted by Crippen LogP contribution is 2.31. The van der Waals surface area contributed by atoms with E-state index in [9.17, 15) is 27.9 Å². The molecule has 0 aliphatic heterocycles. The summed E-state index contributed by atoms with van der Waals surface area (Å²) in [5.41, 5.74) is -0.323. The Kier molecular flexibility index (Phi) is 7.29. The van der Waals surface area contributed by atoms with E-state index >= 15 is 0 Å². The predicted octanol–water partition coefficient (Wildman–Crippen LogP) is 3.97. The van der Waals surface area contributed by atoms with Crippen LogP contribution in [0.25, 0.3) is 0 Å². The average Bonchev–Trinajstić information content (AvgIpc) is 2.76. The summed E-state index contributed by atoms with van der Waals surface area (Å²) in [7, 11) is 0. The molecule has 0 saturated heterocycles. The third kappa shape index (κ3) is 5.16. The summed E-state index contributed by atoms with van der Waals surface area (Å²) in [5.74, 6) is -3.88. The van der Waals surface area contributed by atoms with Crippen LogP contribution in [0.15, 0.2) is 53.5 Å². The van der Waals surface area contributed by atoms with Crippen LogP contribution in [0.4, 0.5) is 13.2 Å². The normalized spacial score (nSPS) is 11.9. The van der Waals surface area contributed by atoms with Gasteiger partial charge in [-0.05, 0) is 42.2 Å². The Bertz CT molecular complexity index is 1150. The molecule has 2 N–H and O–H groups in total. The van der Waals surface area contributed by atoms with Crippen LogP contribution in [0, 0.1) is 17.5 Å². The van der Waals surface area contributed by atoms with Crippen molar-refractivity contribution < 1.29 is 23.1 Å². The van der Waals surface area contributed by atoms with Crippen LogP contribution >= 0.6 is 0 Å². The molecule has 6 nitrogen and oxygen atoms in total. The van der Waals surface area contributed by atoms with Crippen LogP contribution in [0.2, 0.25) is 0 Å². The lowest BCUT2D eigenvalue weighted by molar-refractivity contribution is 0.0741. The molecule has 9 heteroatoms. The first-order chi connectivity index (χ1) is 15.3. The van der Waals surface area contributed by atoms with E-state index in [0.29, 0.717) is 18.5 Å². The molecule has 3 rings (SSSR count). The number of nitrogens with one attached hydrogen (secondary N) is 1. The first-order valence-electron chi connectivity index (χ1n) is 10.1. The lowest BCUT2D eigenvalue weighted by atomic mass is 9.88. The topological polar surface area (TPSA) is 86.3 Å². The van der Waals surface area contributed by atoms with Gasteiger partial charge in [-0.1, -0.05) is 25.1 Å². The largest absolute Gasteiger partial charge is 0.502 e. The maximum Gasteiger partial charge on any atom is 0.275 e. The number of H-pyrrole nitrogens is 1. The lowest BCUT2D eigenvalue weighted by Crippen LogP contribution is -2.35. The standard InChI is InChI=1S/C23H22F3N3O3/c1-2-10-29(23(32)21-22(31)20(30)13-27-28-21)11-9-17(14-3-5-15(24)6-4-14)18-8-7-16(25)12-19(18)26/h3-8,12-13,17H,2,9-11H2,1H3,(H,27,31)(H,28,30). The summed E-state index contributed by atoms with van der Waals surface area (Å²) in [6.07, 6.45) is 1.67. The predicted molar refractivity (Wildman–Crippen MR) is 112 cm³/mol. The maximum atomic E-state index is 14.6. The molecule has 0 saturated carbocycles. The van der Waals surface area contributed by atoms with E-state index in [4.69, 9.17) is 0 Å². The number of aromatic hydroxyl groups is 1. The Morgan fingerprint density at radius 1 is 1.09 bits per heavy atom. The second-order valence-electron chi connectivity index (χ2n) is 7.31. The van der Waals surface area contributed by atoms with Gasteiger partial charge in [0, 0.05) is 25.1 Å². The molecule has 0 radical (unpaired) electrons. The zero-order valence-corrected chi connectivity index (χ0v) is 17.3. The lowest BCUT2D eigenvalue weighted by Gasteiger charge is -2.26. The van der Waals surface area contributed by atoms with Gasteiger partial charge in [-0.3, -0.25) is 14.7 Å². The van der Waals surface area contributed by atoms with E-state index in [0.717, 1.165) is 18.3 Å². The summed E-state index contributed by atoms with van der Waals surface area (Å²) < 4.78 is 41.5. The molecule has 32 heavy (non-hydrogen) atoms. The highest BCUT2D eigenvalue weighted by Gasteiger charge is 2.24. The van der Waals surface area contributed by atoms with Crippen molar-refractivity contribution in [2.45, 2.75) is 25.7 Å². The van der Waals surface area contributed by atoms with E-state index in [1.165, 1.54) is 35.2 Å². The Labute approximate surface area is 182 Å². The number of aromatic nitrogens is 2. The van der Waals surface area contributed by atoms with E-state index < -0.39 is 40.5 Å². The zero-order chi connectivity index (χ0) is 23.3. The molecule has 1 atom stereocenters. The Morgan fingerprint density at radius 2 is 1.78 bits per heavy atom. The molecule has 2 aromatic carbocycles. The number of amides is 1. The molecule has 0 fully saturated rings. The summed E-state index contributed by atoms with van der Waals surface area (Å²) in [6.45, 7) is 2.28. The first kappa shape index (κ1) is 23.1. The van der Waals surface area contributed by atoms with E-state index in [2.05, 4.69) is 10.2 Å². The number of halogens is 3. The molecule has 1 aromatic heterocycles. The fourth-order valence-electron chi connectivity index (χ4n) is 3.55. The number of hydrogen-bond donors (Lipinski definition) is 2. The summed E-state index contributed by atoms with van der Waals surface area (Å²) in [5, 5.41) is 15.9. The maximum absolute atomic E-state index is 14.6. The monoisotopic (exact) mass is 445 g/mol. The van der Waals surface area contributed by atoms with E-state index in [-0.39, 0.29) is 24.2 Å². The molecule has 0 spiro atoms. The number of nitrogens with zero attached hydrogens (tertiary/aromatic N) is 2. The fraction of sp³-hybridized carbons (Fsp3) is 0.261. The van der Waals surface area contributed by atoms with Crippen molar-refractivity contribution in [3.8, 4) is 5.75 Å². The van der Waals surface area contributed by atoms with Gasteiger partial charge >= 0.3 is 0 Å². The van der Waals surface area contributed by atoms with Crippen molar-refractivity contribution in [2.75, 3.05) is 13.1 Å². The van der Waals surface area contributed by atoms with Crippen LogP contribution < -0.4 is 5.43 Å². The third-order valence-electron chi connectivity index (χ3n) is 5.12. The highest BCUT2D eigenvalue weighted by atomic mass is 19.1. The average molecular weight is 445 g/mol. The minimum Gasteiger partial charge on any atom is -0.502 e. The molecular weight excluding hydrogens is 423 g/mol. The van der Waals surface area contributed by atoms with Crippen molar-refractivity contribution in [1.82, 2.24) is 15.1 Å². The van der Waals surface area contributed by atoms with Crippen LogP contribution in [0.1, 0.15) is 47.3 Å². The number of carbonyl (C=O) groups excluding carboxylic acids is 1. The van der Waals surface area contributed by atoms with Gasteiger partial charge in [-0.25, -0.2) is 13.2 Å². The van der Waals surface area contributed by atoms with Crippen LogP contribution in [0.3, 0.4) is 0 Å². The molecule has 0 aliphatic carbocycles. The van der Waals surface area contributed by atoms with Crippen molar-refractivity contribution in [2.24, 2.45) is 0 Å². The molecule has 1 heterocycles. The summed E-state index contributed by atoms with van der Waals surface area (Å²) >= 11 is 0. The number of carbonyl (C=O) groups is 1. The van der Waals surface area contributed by atoms with Gasteiger partial charge < -0.3 is 10.0 Å². The van der Waals surface area contributed by atoms with E-state index in [1.54, 1.807) is 0 Å². The van der Waals surface area contributed by atoms with Crippen molar-refractivity contribution >= 4 is 5.91 Å². The number of hydrogen-bond acceptors (Lipinski definition) is 4. The minimum atomic E-state index is -0.791. The zero-order valence-electron chi connectivity index (χ0n) is 17.3. The smallest absolute Gasteiger partial charge is 0.275 e. The Hall–Kier alpha value is -3.62. The Morgan fingerprint density at radius 3 is 2.44 bits per heavy atom.